The van der Waals surface area contributed by atoms with Crippen molar-refractivity contribution in [2.24, 2.45) is 10.7 Å². The summed E-state index contributed by atoms with van der Waals surface area (Å²) in [5.74, 6) is -0.408. The van der Waals surface area contributed by atoms with Gasteiger partial charge in [-0.05, 0) is 6.08 Å². The zero-order valence-electron chi connectivity index (χ0n) is 6.00. The molecular formula is C8H8N2O. The number of hydrogen-bond acceptors (Lipinski definition) is 2. The molecular weight excluding hydrogens is 140 g/mol. The Kier molecular flexibility index (Phi) is 1.72. The molecule has 0 bridgehead atoms. The van der Waals surface area contributed by atoms with Gasteiger partial charge in [0.1, 0.15) is 5.70 Å². The summed E-state index contributed by atoms with van der Waals surface area (Å²) in [5.41, 5.74) is 6.62. The van der Waals surface area contributed by atoms with Crippen molar-refractivity contribution in [3.05, 3.63) is 36.6 Å². The fourth-order valence-electron chi connectivity index (χ4n) is 0.853. The Labute approximate surface area is 64.6 Å². The molecule has 1 aliphatic rings. The highest BCUT2D eigenvalue weighted by atomic mass is 16.1. The van der Waals surface area contributed by atoms with Gasteiger partial charge in [-0.2, -0.15) is 0 Å². The van der Waals surface area contributed by atoms with Crippen LogP contribution in [0.2, 0.25) is 0 Å². The average Bonchev–Trinajstić information content (AvgIpc) is 2.28. The van der Waals surface area contributed by atoms with Crippen LogP contribution in [-0.2, 0) is 4.79 Å². The van der Waals surface area contributed by atoms with Gasteiger partial charge in [-0.25, -0.2) is 4.99 Å². The minimum Gasteiger partial charge on any atom is -0.394 e. The first-order chi connectivity index (χ1) is 5.20. The summed E-state index contributed by atoms with van der Waals surface area (Å²) in [4.78, 5) is 14.5. The number of carbonyl (C=O) groups excluding carboxylic acids is 1. The SMILES string of the molecule is C=CC1=NC(=O)C(N)=C1C=C. The number of rotatable bonds is 2. The Morgan fingerprint density at radius 2 is 2.00 bits per heavy atom. The van der Waals surface area contributed by atoms with Crippen molar-refractivity contribution in [3.63, 3.8) is 0 Å². The molecule has 0 unspecified atom stereocenters. The third kappa shape index (κ3) is 1.00. The second kappa shape index (κ2) is 2.54. The second-order valence-corrected chi connectivity index (χ2v) is 2.04. The van der Waals surface area contributed by atoms with Crippen LogP contribution in [0.3, 0.4) is 0 Å². The van der Waals surface area contributed by atoms with Crippen LogP contribution in [0.4, 0.5) is 0 Å². The van der Waals surface area contributed by atoms with Crippen molar-refractivity contribution in [1.82, 2.24) is 0 Å². The monoisotopic (exact) mass is 148 g/mol. The zero-order chi connectivity index (χ0) is 8.43. The fourth-order valence-corrected chi connectivity index (χ4v) is 0.853. The van der Waals surface area contributed by atoms with Gasteiger partial charge in [0.2, 0.25) is 0 Å². The van der Waals surface area contributed by atoms with Gasteiger partial charge in [-0.3, -0.25) is 4.79 Å². The summed E-state index contributed by atoms with van der Waals surface area (Å²) in [6, 6.07) is 0. The van der Waals surface area contributed by atoms with Crippen molar-refractivity contribution >= 4 is 11.6 Å². The van der Waals surface area contributed by atoms with Crippen LogP contribution in [0, 0.1) is 0 Å². The van der Waals surface area contributed by atoms with Gasteiger partial charge >= 0.3 is 0 Å². The highest BCUT2D eigenvalue weighted by Crippen LogP contribution is 2.13. The maximum Gasteiger partial charge on any atom is 0.294 e. The Hall–Kier alpha value is -1.64. The quantitative estimate of drug-likeness (QED) is 0.621. The van der Waals surface area contributed by atoms with Crippen molar-refractivity contribution in [2.45, 2.75) is 0 Å². The van der Waals surface area contributed by atoms with Gasteiger partial charge in [0.25, 0.3) is 5.91 Å². The molecule has 0 aliphatic carbocycles. The predicted octanol–water partition coefficient (Wildman–Crippen LogP) is 0.552. The summed E-state index contributed by atoms with van der Waals surface area (Å²) >= 11 is 0. The number of carbonyl (C=O) groups is 1. The molecule has 0 aromatic rings. The van der Waals surface area contributed by atoms with E-state index in [1.807, 2.05) is 0 Å². The van der Waals surface area contributed by atoms with E-state index in [2.05, 4.69) is 18.2 Å². The van der Waals surface area contributed by atoms with Crippen LogP contribution in [0.1, 0.15) is 0 Å². The summed E-state index contributed by atoms with van der Waals surface area (Å²) < 4.78 is 0. The van der Waals surface area contributed by atoms with Crippen molar-refractivity contribution in [2.75, 3.05) is 0 Å². The van der Waals surface area contributed by atoms with E-state index in [0.717, 1.165) is 0 Å². The zero-order valence-corrected chi connectivity index (χ0v) is 6.00. The predicted molar refractivity (Wildman–Crippen MR) is 44.0 cm³/mol. The number of nitrogens with zero attached hydrogens (tertiary/aromatic N) is 1. The minimum atomic E-state index is -0.408. The van der Waals surface area contributed by atoms with E-state index >= 15 is 0 Å². The molecule has 11 heavy (non-hydrogen) atoms. The van der Waals surface area contributed by atoms with E-state index in [0.29, 0.717) is 11.3 Å². The van der Waals surface area contributed by atoms with Crippen molar-refractivity contribution in [3.8, 4) is 0 Å². The lowest BCUT2D eigenvalue weighted by atomic mass is 10.1. The molecule has 3 heteroatoms. The summed E-state index contributed by atoms with van der Waals surface area (Å²) in [6.45, 7) is 7.00. The maximum absolute atomic E-state index is 10.8. The molecule has 0 spiro atoms. The van der Waals surface area contributed by atoms with E-state index in [9.17, 15) is 4.79 Å². The molecule has 1 rings (SSSR count). The summed E-state index contributed by atoms with van der Waals surface area (Å²) in [7, 11) is 0. The van der Waals surface area contributed by atoms with E-state index in [1.165, 1.54) is 12.2 Å². The highest BCUT2D eigenvalue weighted by Gasteiger charge is 2.19. The fraction of sp³-hybridized carbons (Fsp3) is 0. The Morgan fingerprint density at radius 1 is 1.36 bits per heavy atom. The third-order valence-electron chi connectivity index (χ3n) is 1.42. The standard InChI is InChI=1S/C8H8N2O/c1-3-5-6(4-2)10-8(11)7(5)9/h3-4H,1-2H2,(H2,9,10,11). The molecule has 1 amide bonds. The van der Waals surface area contributed by atoms with Crippen LogP contribution < -0.4 is 5.73 Å². The molecule has 0 atom stereocenters. The molecule has 56 valence electrons. The minimum absolute atomic E-state index is 0.148. The lowest BCUT2D eigenvalue weighted by Crippen LogP contribution is -2.06. The topological polar surface area (TPSA) is 55.5 Å². The van der Waals surface area contributed by atoms with Gasteiger partial charge in [0, 0.05) is 5.57 Å². The van der Waals surface area contributed by atoms with Crippen molar-refractivity contribution in [1.29, 1.82) is 0 Å². The molecule has 3 nitrogen and oxygen atoms in total. The molecule has 0 radical (unpaired) electrons. The maximum atomic E-state index is 10.8. The smallest absolute Gasteiger partial charge is 0.294 e. The van der Waals surface area contributed by atoms with Crippen LogP contribution in [0.5, 0.6) is 0 Å². The molecule has 0 saturated heterocycles. The molecule has 0 aromatic carbocycles. The molecule has 1 heterocycles. The van der Waals surface area contributed by atoms with Gasteiger partial charge in [-0.1, -0.05) is 19.2 Å². The second-order valence-electron chi connectivity index (χ2n) is 2.04. The Bertz CT molecular complexity index is 297. The Balaban J connectivity index is 3.21. The molecule has 0 fully saturated rings. The number of aliphatic imine (C=N–C) groups is 1. The number of allylic oxidation sites excluding steroid dienone is 3. The van der Waals surface area contributed by atoms with E-state index in [1.54, 1.807) is 0 Å². The molecule has 1 aliphatic heterocycles. The molecule has 2 N–H and O–H groups in total. The first-order valence-corrected chi connectivity index (χ1v) is 3.08. The summed E-state index contributed by atoms with van der Waals surface area (Å²) in [5, 5.41) is 0. The molecule has 0 saturated carbocycles. The number of nitrogens with two attached hydrogens (primary N) is 1. The van der Waals surface area contributed by atoms with Crippen molar-refractivity contribution < 1.29 is 4.79 Å². The lowest BCUT2D eigenvalue weighted by molar-refractivity contribution is -0.114. The first kappa shape index (κ1) is 7.47. The number of amides is 1. The van der Waals surface area contributed by atoms with Gasteiger partial charge in [0.05, 0.1) is 5.71 Å². The average molecular weight is 148 g/mol. The number of hydrogen-bond donors (Lipinski definition) is 1. The van der Waals surface area contributed by atoms with E-state index < -0.39 is 5.91 Å². The van der Waals surface area contributed by atoms with Crippen LogP contribution in [0.15, 0.2) is 41.6 Å². The van der Waals surface area contributed by atoms with Gasteiger partial charge in [0.15, 0.2) is 0 Å². The van der Waals surface area contributed by atoms with Crippen LogP contribution in [0.25, 0.3) is 0 Å². The normalized spacial score (nSPS) is 16.7. The first-order valence-electron chi connectivity index (χ1n) is 3.08. The largest absolute Gasteiger partial charge is 0.394 e. The van der Waals surface area contributed by atoms with Crippen LogP contribution >= 0.6 is 0 Å². The lowest BCUT2D eigenvalue weighted by Gasteiger charge is -1.92. The van der Waals surface area contributed by atoms with E-state index in [-0.39, 0.29) is 5.70 Å². The van der Waals surface area contributed by atoms with Gasteiger partial charge in [-0.15, -0.1) is 0 Å². The highest BCUT2D eigenvalue weighted by molar-refractivity contribution is 6.24. The van der Waals surface area contributed by atoms with E-state index in [4.69, 9.17) is 5.73 Å². The molecule has 0 aromatic heterocycles. The Morgan fingerprint density at radius 3 is 2.36 bits per heavy atom. The van der Waals surface area contributed by atoms with Crippen LogP contribution in [-0.4, -0.2) is 11.6 Å². The summed E-state index contributed by atoms with van der Waals surface area (Å²) in [6.07, 6.45) is 2.98. The van der Waals surface area contributed by atoms with Gasteiger partial charge < -0.3 is 5.73 Å². The third-order valence-corrected chi connectivity index (χ3v) is 1.42.